The van der Waals surface area contributed by atoms with E-state index in [4.69, 9.17) is 4.98 Å². The van der Waals surface area contributed by atoms with Crippen LogP contribution in [0, 0.1) is 0 Å². The van der Waals surface area contributed by atoms with E-state index in [2.05, 4.69) is 181 Å². The second-order valence-corrected chi connectivity index (χ2v) is 14.0. The Hall–Kier alpha value is -5.71. The maximum Gasteiger partial charge on any atom is 0.145 e. The zero-order chi connectivity index (χ0) is 32.2. The summed E-state index contributed by atoms with van der Waals surface area (Å²) < 4.78 is 2.25. The first kappa shape index (κ1) is 28.5. The second kappa shape index (κ2) is 11.2. The number of imidazole rings is 1. The Morgan fingerprint density at radius 3 is 1.85 bits per heavy atom. The normalized spacial score (nSPS) is 13.3. The van der Waals surface area contributed by atoms with Crippen molar-refractivity contribution in [1.29, 1.82) is 0 Å². The first-order valence-electron chi connectivity index (χ1n) is 16.4. The van der Waals surface area contributed by atoms with Gasteiger partial charge in [0.1, 0.15) is 5.82 Å². The van der Waals surface area contributed by atoms with Crippen LogP contribution in [0.15, 0.2) is 164 Å². The van der Waals surface area contributed by atoms with Gasteiger partial charge < -0.3 is 4.90 Å². The molecular weight excluding hydrogens is 603 g/mol. The highest BCUT2D eigenvalue weighted by Crippen LogP contribution is 2.52. The highest BCUT2D eigenvalue weighted by atomic mass is 32.1. The third-order valence-electron chi connectivity index (χ3n) is 9.64. The molecule has 0 spiro atoms. The van der Waals surface area contributed by atoms with Gasteiger partial charge in [-0.1, -0.05) is 111 Å². The summed E-state index contributed by atoms with van der Waals surface area (Å²) in [6.45, 7) is 4.70. The van der Waals surface area contributed by atoms with Gasteiger partial charge in [-0.2, -0.15) is 0 Å². The number of para-hydroxylation sites is 5. The van der Waals surface area contributed by atoms with Gasteiger partial charge in [0.25, 0.3) is 0 Å². The van der Waals surface area contributed by atoms with Crippen molar-refractivity contribution in [3.05, 3.63) is 175 Å². The van der Waals surface area contributed by atoms with E-state index in [-0.39, 0.29) is 5.41 Å². The summed E-state index contributed by atoms with van der Waals surface area (Å²) in [5.74, 6) is 0.948. The topological polar surface area (TPSA) is 21.1 Å². The molecule has 230 valence electrons. The van der Waals surface area contributed by atoms with Crippen molar-refractivity contribution in [3.63, 3.8) is 0 Å². The predicted octanol–water partition coefficient (Wildman–Crippen LogP) is 12.2. The molecule has 0 N–H and O–H groups in total. The van der Waals surface area contributed by atoms with Crippen LogP contribution in [0.5, 0.6) is 0 Å². The molecule has 0 aliphatic carbocycles. The van der Waals surface area contributed by atoms with Crippen molar-refractivity contribution in [3.8, 4) is 38.0 Å². The number of hydrogen-bond donors (Lipinski definition) is 0. The minimum Gasteiger partial charge on any atom is -0.310 e. The molecule has 1 aliphatic heterocycles. The van der Waals surface area contributed by atoms with Gasteiger partial charge >= 0.3 is 0 Å². The van der Waals surface area contributed by atoms with E-state index in [0.717, 1.165) is 28.1 Å². The number of hydrogen-bond acceptors (Lipinski definition) is 3. The summed E-state index contributed by atoms with van der Waals surface area (Å²) in [6, 6.07) is 58.7. The molecule has 0 saturated carbocycles. The SMILES string of the molecule is CC1(C)c2ccccc2N(c2ccccc2)c2ccc(-c3ccc(-c4ccc(-c5nc6ccccc6n5-c5ccccc5)cc4)s3)cc21. The van der Waals surface area contributed by atoms with Gasteiger partial charge in [-0.15, -0.1) is 11.3 Å². The number of nitrogens with zero attached hydrogens (tertiary/aromatic N) is 3. The third-order valence-corrected chi connectivity index (χ3v) is 10.8. The molecule has 1 aliphatic rings. The van der Waals surface area contributed by atoms with E-state index >= 15 is 0 Å². The maximum absolute atomic E-state index is 5.05. The van der Waals surface area contributed by atoms with Gasteiger partial charge in [0.15, 0.2) is 0 Å². The Kier molecular flexibility index (Phi) is 6.66. The van der Waals surface area contributed by atoms with E-state index in [1.807, 2.05) is 17.4 Å². The Morgan fingerprint density at radius 2 is 1.08 bits per heavy atom. The van der Waals surface area contributed by atoms with Crippen molar-refractivity contribution >= 4 is 39.4 Å². The van der Waals surface area contributed by atoms with Gasteiger partial charge in [-0.3, -0.25) is 4.57 Å². The van der Waals surface area contributed by atoms with Gasteiger partial charge in [0, 0.05) is 32.1 Å². The molecule has 0 radical (unpaired) electrons. The van der Waals surface area contributed by atoms with Crippen molar-refractivity contribution in [1.82, 2.24) is 9.55 Å². The van der Waals surface area contributed by atoms with Crippen LogP contribution in [0.1, 0.15) is 25.0 Å². The van der Waals surface area contributed by atoms with Crippen LogP contribution in [0.25, 0.3) is 49.0 Å². The lowest BCUT2D eigenvalue weighted by Crippen LogP contribution is -2.30. The van der Waals surface area contributed by atoms with E-state index in [1.54, 1.807) is 0 Å². The Morgan fingerprint density at radius 1 is 0.500 bits per heavy atom. The summed E-state index contributed by atoms with van der Waals surface area (Å²) in [4.78, 5) is 9.98. The largest absolute Gasteiger partial charge is 0.310 e. The van der Waals surface area contributed by atoms with Crippen molar-refractivity contribution < 1.29 is 0 Å². The van der Waals surface area contributed by atoms with Crippen LogP contribution in [0.4, 0.5) is 17.1 Å². The molecule has 4 heteroatoms. The Labute approximate surface area is 285 Å². The Balaban J connectivity index is 1.07. The molecule has 8 aromatic rings. The highest BCUT2D eigenvalue weighted by molar-refractivity contribution is 7.18. The third kappa shape index (κ3) is 4.60. The number of benzene rings is 6. The molecule has 3 nitrogen and oxygen atoms in total. The van der Waals surface area contributed by atoms with Gasteiger partial charge in [-0.05, 0) is 89.0 Å². The fraction of sp³-hybridized carbons (Fsp3) is 0.0682. The fourth-order valence-corrected chi connectivity index (χ4v) is 8.21. The van der Waals surface area contributed by atoms with E-state index in [1.165, 1.54) is 49.1 Å². The lowest BCUT2D eigenvalue weighted by Gasteiger charge is -2.42. The number of rotatable bonds is 5. The molecule has 9 rings (SSSR count). The first-order chi connectivity index (χ1) is 23.6. The van der Waals surface area contributed by atoms with Crippen LogP contribution >= 0.6 is 11.3 Å². The fourth-order valence-electron chi connectivity index (χ4n) is 7.20. The Bertz CT molecular complexity index is 2420. The molecule has 0 amide bonds. The molecule has 0 atom stereocenters. The van der Waals surface area contributed by atoms with Crippen LogP contribution in [0.3, 0.4) is 0 Å². The number of fused-ring (bicyclic) bond motifs is 3. The lowest BCUT2D eigenvalue weighted by atomic mass is 9.73. The van der Waals surface area contributed by atoms with Gasteiger partial charge in [0.2, 0.25) is 0 Å². The van der Waals surface area contributed by atoms with Gasteiger partial charge in [-0.25, -0.2) is 4.98 Å². The first-order valence-corrected chi connectivity index (χ1v) is 17.2. The van der Waals surface area contributed by atoms with Crippen molar-refractivity contribution in [2.75, 3.05) is 4.90 Å². The zero-order valence-electron chi connectivity index (χ0n) is 26.8. The van der Waals surface area contributed by atoms with Crippen molar-refractivity contribution in [2.45, 2.75) is 19.3 Å². The molecule has 2 aromatic heterocycles. The molecule has 48 heavy (non-hydrogen) atoms. The van der Waals surface area contributed by atoms with Crippen LogP contribution in [-0.2, 0) is 5.41 Å². The smallest absolute Gasteiger partial charge is 0.145 e. The van der Waals surface area contributed by atoms with Crippen molar-refractivity contribution in [2.24, 2.45) is 0 Å². The molecule has 0 fully saturated rings. The van der Waals surface area contributed by atoms with Crippen LogP contribution < -0.4 is 4.90 Å². The minimum atomic E-state index is -0.139. The molecule has 0 unspecified atom stereocenters. The number of anilines is 3. The molecule has 0 saturated heterocycles. The maximum atomic E-state index is 5.05. The van der Waals surface area contributed by atoms with Crippen LogP contribution in [0.2, 0.25) is 0 Å². The van der Waals surface area contributed by atoms with E-state index < -0.39 is 0 Å². The van der Waals surface area contributed by atoms with Gasteiger partial charge in [0.05, 0.1) is 22.4 Å². The highest BCUT2D eigenvalue weighted by Gasteiger charge is 2.37. The standard InChI is InChI=1S/C44H33N3S/c1-44(2)35-17-9-11-19-38(35)46(33-13-5-3-6-14-33)39-26-25-32(29-36(39)44)42-28-27-41(48-42)30-21-23-31(24-22-30)43-45-37-18-10-12-20-40(37)47(43)34-15-7-4-8-16-34/h3-29H,1-2H3. The summed E-state index contributed by atoms with van der Waals surface area (Å²) >= 11 is 1.84. The minimum absolute atomic E-state index is 0.139. The monoisotopic (exact) mass is 635 g/mol. The zero-order valence-corrected chi connectivity index (χ0v) is 27.7. The summed E-state index contributed by atoms with van der Waals surface area (Å²) in [7, 11) is 0. The average molecular weight is 636 g/mol. The average Bonchev–Trinajstić information content (AvgIpc) is 3.79. The lowest BCUT2D eigenvalue weighted by molar-refractivity contribution is 0.632. The summed E-state index contributed by atoms with van der Waals surface area (Å²) in [6.07, 6.45) is 0. The van der Waals surface area contributed by atoms with E-state index in [0.29, 0.717) is 0 Å². The molecule has 3 heterocycles. The number of thiophene rings is 1. The van der Waals surface area contributed by atoms with Crippen LogP contribution in [-0.4, -0.2) is 9.55 Å². The summed E-state index contributed by atoms with van der Waals surface area (Å²) in [5.41, 5.74) is 13.0. The predicted molar refractivity (Wildman–Crippen MR) is 202 cm³/mol. The number of aromatic nitrogens is 2. The molecule has 6 aromatic carbocycles. The molecule has 0 bridgehead atoms. The molecular formula is C44H33N3S. The quantitative estimate of drug-likeness (QED) is 0.188. The van der Waals surface area contributed by atoms with E-state index in [9.17, 15) is 0 Å². The summed E-state index contributed by atoms with van der Waals surface area (Å²) in [5, 5.41) is 0. The second-order valence-electron chi connectivity index (χ2n) is 12.9.